The third kappa shape index (κ3) is 5.72. The molecule has 1 atom stereocenters. The minimum Gasteiger partial charge on any atom is -0.256 e. The summed E-state index contributed by atoms with van der Waals surface area (Å²) >= 11 is 0. The molecule has 0 radical (unpaired) electrons. The Hall–Kier alpha value is -2.55. The molecule has 0 N–H and O–H groups in total. The molecular formula is C26H29F2N. The van der Waals surface area contributed by atoms with Gasteiger partial charge in [0.25, 0.3) is 0 Å². The van der Waals surface area contributed by atoms with Crippen LogP contribution < -0.4 is 0 Å². The molecule has 29 heavy (non-hydrogen) atoms. The molecule has 0 bridgehead atoms. The van der Waals surface area contributed by atoms with Crippen molar-refractivity contribution in [3.05, 3.63) is 78.0 Å². The predicted molar refractivity (Wildman–Crippen MR) is 117 cm³/mol. The second-order valence-corrected chi connectivity index (χ2v) is 7.71. The maximum atomic E-state index is 14.1. The van der Waals surface area contributed by atoms with Crippen molar-refractivity contribution >= 4 is 0 Å². The van der Waals surface area contributed by atoms with Crippen LogP contribution in [0.5, 0.6) is 0 Å². The first-order valence-electron chi connectivity index (χ1n) is 10.6. The lowest BCUT2D eigenvalue weighted by Gasteiger charge is -2.14. The van der Waals surface area contributed by atoms with Gasteiger partial charge in [-0.1, -0.05) is 63.8 Å². The van der Waals surface area contributed by atoms with Crippen molar-refractivity contribution in [2.45, 2.75) is 52.4 Å². The highest BCUT2D eigenvalue weighted by atomic mass is 19.1. The van der Waals surface area contributed by atoms with Crippen LogP contribution in [0.1, 0.15) is 51.5 Å². The lowest BCUT2D eigenvalue weighted by Crippen LogP contribution is -2.01. The van der Waals surface area contributed by atoms with Crippen molar-refractivity contribution in [2.24, 2.45) is 5.92 Å². The second kappa shape index (κ2) is 10.3. The average Bonchev–Trinajstić information content (AvgIpc) is 2.74. The van der Waals surface area contributed by atoms with Gasteiger partial charge in [-0.15, -0.1) is 0 Å². The van der Waals surface area contributed by atoms with Crippen molar-refractivity contribution in [3.8, 4) is 22.4 Å². The highest BCUT2D eigenvalue weighted by molar-refractivity contribution is 5.70. The van der Waals surface area contributed by atoms with Gasteiger partial charge in [0.05, 0.1) is 5.69 Å². The van der Waals surface area contributed by atoms with Gasteiger partial charge in [0.2, 0.25) is 0 Å². The summed E-state index contributed by atoms with van der Waals surface area (Å²) in [5.41, 5.74) is 4.20. The Bertz CT molecular complexity index is 918. The summed E-state index contributed by atoms with van der Waals surface area (Å²) < 4.78 is 27.3. The fraction of sp³-hybridized carbons (Fsp3) is 0.346. The van der Waals surface area contributed by atoms with E-state index in [0.717, 1.165) is 29.5 Å². The third-order valence-electron chi connectivity index (χ3n) is 5.64. The van der Waals surface area contributed by atoms with E-state index in [1.54, 1.807) is 6.20 Å². The van der Waals surface area contributed by atoms with E-state index in [1.807, 2.05) is 12.1 Å². The number of hydrogen-bond acceptors (Lipinski definition) is 1. The van der Waals surface area contributed by atoms with Gasteiger partial charge in [0.1, 0.15) is 11.6 Å². The molecule has 1 heterocycles. The first-order valence-corrected chi connectivity index (χ1v) is 10.6. The van der Waals surface area contributed by atoms with E-state index >= 15 is 0 Å². The predicted octanol–water partition coefficient (Wildman–Crippen LogP) is 7.84. The van der Waals surface area contributed by atoms with Crippen LogP contribution >= 0.6 is 0 Å². The molecule has 0 fully saturated rings. The molecule has 0 aliphatic heterocycles. The molecule has 0 spiro atoms. The summed E-state index contributed by atoms with van der Waals surface area (Å²) in [5.74, 6) is -0.375. The van der Waals surface area contributed by atoms with Crippen LogP contribution in [0.2, 0.25) is 0 Å². The van der Waals surface area contributed by atoms with E-state index in [2.05, 4.69) is 43.1 Å². The Morgan fingerprint density at radius 1 is 0.862 bits per heavy atom. The van der Waals surface area contributed by atoms with E-state index in [0.29, 0.717) is 11.3 Å². The number of pyridine rings is 1. The van der Waals surface area contributed by atoms with Gasteiger partial charge in [0, 0.05) is 17.8 Å². The number of aryl methyl sites for hydroxylation is 1. The number of rotatable bonds is 9. The first-order chi connectivity index (χ1) is 14.1. The van der Waals surface area contributed by atoms with Gasteiger partial charge < -0.3 is 0 Å². The van der Waals surface area contributed by atoms with Gasteiger partial charge in [-0.05, 0) is 59.7 Å². The topological polar surface area (TPSA) is 12.9 Å². The van der Waals surface area contributed by atoms with Crippen LogP contribution in [0.25, 0.3) is 22.4 Å². The summed E-state index contributed by atoms with van der Waals surface area (Å²) in [7, 11) is 0. The van der Waals surface area contributed by atoms with Crippen LogP contribution in [0.3, 0.4) is 0 Å². The van der Waals surface area contributed by atoms with Gasteiger partial charge in [0.15, 0.2) is 0 Å². The van der Waals surface area contributed by atoms with Crippen molar-refractivity contribution in [3.63, 3.8) is 0 Å². The van der Waals surface area contributed by atoms with Gasteiger partial charge >= 0.3 is 0 Å². The number of unbranched alkanes of at least 4 members (excludes halogenated alkanes) is 1. The monoisotopic (exact) mass is 393 g/mol. The summed E-state index contributed by atoms with van der Waals surface area (Å²) in [6.45, 7) is 4.54. The largest absolute Gasteiger partial charge is 0.256 e. The minimum absolute atomic E-state index is 0.308. The van der Waals surface area contributed by atoms with Gasteiger partial charge in [-0.3, -0.25) is 4.98 Å². The van der Waals surface area contributed by atoms with E-state index < -0.39 is 11.6 Å². The standard InChI is InChI=1S/C26H29F2N/c1-3-5-6-19(4-2)7-8-20-9-11-21(12-10-20)22-15-16-29-26(17-22)24-14-13-23(27)18-25(24)28/h9-19H,3-8H2,1-2H3. The fourth-order valence-electron chi connectivity index (χ4n) is 3.73. The Kier molecular flexibility index (Phi) is 7.51. The molecule has 3 rings (SSSR count). The van der Waals surface area contributed by atoms with Crippen molar-refractivity contribution in [1.82, 2.24) is 4.98 Å². The van der Waals surface area contributed by atoms with Crippen LogP contribution in [0.4, 0.5) is 8.78 Å². The molecule has 0 amide bonds. The normalized spacial score (nSPS) is 12.1. The highest BCUT2D eigenvalue weighted by Gasteiger charge is 2.10. The van der Waals surface area contributed by atoms with Crippen molar-refractivity contribution in [1.29, 1.82) is 0 Å². The zero-order valence-electron chi connectivity index (χ0n) is 17.3. The first kappa shape index (κ1) is 21.2. The molecule has 152 valence electrons. The Morgan fingerprint density at radius 3 is 2.34 bits per heavy atom. The van der Waals surface area contributed by atoms with Gasteiger partial charge in [-0.25, -0.2) is 8.78 Å². The van der Waals surface area contributed by atoms with Crippen molar-refractivity contribution < 1.29 is 8.78 Å². The molecule has 2 aromatic carbocycles. The Morgan fingerprint density at radius 2 is 1.66 bits per heavy atom. The van der Waals surface area contributed by atoms with Crippen LogP contribution in [-0.2, 0) is 6.42 Å². The molecule has 1 unspecified atom stereocenters. The van der Waals surface area contributed by atoms with Crippen LogP contribution in [0.15, 0.2) is 60.8 Å². The number of benzene rings is 2. The molecule has 0 aliphatic carbocycles. The summed E-state index contributed by atoms with van der Waals surface area (Å²) in [6, 6.07) is 15.9. The summed E-state index contributed by atoms with van der Waals surface area (Å²) in [5, 5.41) is 0. The minimum atomic E-state index is -0.599. The number of nitrogens with zero attached hydrogens (tertiary/aromatic N) is 1. The van der Waals surface area contributed by atoms with Gasteiger partial charge in [-0.2, -0.15) is 0 Å². The van der Waals surface area contributed by atoms with Crippen LogP contribution in [-0.4, -0.2) is 4.98 Å². The van der Waals surface area contributed by atoms with E-state index in [1.165, 1.54) is 49.8 Å². The molecule has 0 aliphatic rings. The lowest BCUT2D eigenvalue weighted by molar-refractivity contribution is 0.422. The van der Waals surface area contributed by atoms with Crippen LogP contribution in [0, 0.1) is 17.6 Å². The molecule has 3 heteroatoms. The summed E-state index contributed by atoms with van der Waals surface area (Å²) in [4.78, 5) is 4.26. The lowest BCUT2D eigenvalue weighted by atomic mass is 9.92. The summed E-state index contributed by atoms with van der Waals surface area (Å²) in [6.07, 6.45) is 9.16. The zero-order valence-corrected chi connectivity index (χ0v) is 17.3. The van der Waals surface area contributed by atoms with E-state index in [4.69, 9.17) is 0 Å². The number of halogens is 2. The van der Waals surface area contributed by atoms with E-state index in [-0.39, 0.29) is 0 Å². The molecule has 3 aromatic rings. The zero-order chi connectivity index (χ0) is 20.6. The molecule has 0 saturated carbocycles. The maximum Gasteiger partial charge on any atom is 0.135 e. The molecular weight excluding hydrogens is 364 g/mol. The fourth-order valence-corrected chi connectivity index (χ4v) is 3.73. The SMILES string of the molecule is CCCCC(CC)CCc1ccc(-c2ccnc(-c3ccc(F)cc3F)c2)cc1. The Balaban J connectivity index is 1.71. The second-order valence-electron chi connectivity index (χ2n) is 7.71. The quantitative estimate of drug-likeness (QED) is 0.361. The third-order valence-corrected chi connectivity index (χ3v) is 5.64. The number of hydrogen-bond donors (Lipinski definition) is 0. The van der Waals surface area contributed by atoms with Crippen molar-refractivity contribution in [2.75, 3.05) is 0 Å². The average molecular weight is 394 g/mol. The highest BCUT2D eigenvalue weighted by Crippen LogP contribution is 2.27. The molecule has 0 saturated heterocycles. The Labute approximate surface area is 172 Å². The maximum absolute atomic E-state index is 14.1. The number of aromatic nitrogens is 1. The molecule has 1 aromatic heterocycles. The smallest absolute Gasteiger partial charge is 0.135 e. The molecule has 1 nitrogen and oxygen atoms in total. The van der Waals surface area contributed by atoms with E-state index in [9.17, 15) is 8.78 Å².